The second-order valence-corrected chi connectivity index (χ2v) is 5.55. The van der Waals surface area contributed by atoms with Crippen LogP contribution in [0.25, 0.3) is 0 Å². The molecule has 5 nitrogen and oxygen atoms in total. The molecule has 2 aliphatic rings. The van der Waals surface area contributed by atoms with Crippen molar-refractivity contribution in [3.63, 3.8) is 0 Å². The topological polar surface area (TPSA) is 67.8 Å². The summed E-state index contributed by atoms with van der Waals surface area (Å²) in [5.41, 5.74) is 12.1. The minimum atomic E-state index is 0.153. The molecule has 0 bridgehead atoms. The fourth-order valence-corrected chi connectivity index (χ4v) is 2.75. The summed E-state index contributed by atoms with van der Waals surface area (Å²) in [6.45, 7) is 4.62. The van der Waals surface area contributed by atoms with Crippen LogP contribution in [0.4, 0.5) is 0 Å². The molecule has 5 heteroatoms. The molecule has 0 radical (unpaired) electrons. The number of likely N-dealkylation sites (tertiary alicyclic amines) is 2. The highest BCUT2D eigenvalue weighted by Crippen LogP contribution is 2.13. The number of ether oxygens (including phenoxy) is 1. The molecule has 2 saturated heterocycles. The van der Waals surface area contributed by atoms with E-state index in [1.807, 2.05) is 0 Å². The van der Waals surface area contributed by atoms with E-state index >= 15 is 0 Å². The summed E-state index contributed by atoms with van der Waals surface area (Å²) in [6, 6.07) is 0.460. The van der Waals surface area contributed by atoms with Crippen molar-refractivity contribution in [2.24, 2.45) is 11.5 Å². The number of hydrogen-bond donors (Lipinski definition) is 2. The first-order chi connectivity index (χ1) is 8.15. The van der Waals surface area contributed by atoms with E-state index in [-0.39, 0.29) is 12.1 Å². The number of rotatable bonds is 3. The molecule has 100 valence electrons. The Kier molecular flexibility index (Phi) is 4.76. The van der Waals surface area contributed by atoms with Gasteiger partial charge in [-0.15, -0.1) is 0 Å². The van der Waals surface area contributed by atoms with Crippen LogP contribution in [-0.2, 0) is 4.74 Å². The molecular formula is C12H26N4O. The lowest BCUT2D eigenvalue weighted by molar-refractivity contribution is -0.0222. The monoisotopic (exact) mass is 242 g/mol. The first-order valence-corrected chi connectivity index (χ1v) is 6.69. The predicted molar refractivity (Wildman–Crippen MR) is 68.6 cm³/mol. The number of nitrogens with two attached hydrogens (primary N) is 2. The quantitative estimate of drug-likeness (QED) is 0.693. The van der Waals surface area contributed by atoms with E-state index in [0.29, 0.717) is 12.8 Å². The Morgan fingerprint density at radius 2 is 2.00 bits per heavy atom. The second kappa shape index (κ2) is 6.11. The van der Waals surface area contributed by atoms with Crippen molar-refractivity contribution in [3.8, 4) is 0 Å². The predicted octanol–water partition coefficient (Wildman–Crippen LogP) is -0.585. The Labute approximate surface area is 104 Å². The van der Waals surface area contributed by atoms with Gasteiger partial charge in [-0.05, 0) is 19.9 Å². The van der Waals surface area contributed by atoms with Gasteiger partial charge in [0.1, 0.15) is 0 Å². The molecule has 0 aliphatic carbocycles. The summed E-state index contributed by atoms with van der Waals surface area (Å²) in [7, 11) is 2.09. The molecule has 0 saturated carbocycles. The summed E-state index contributed by atoms with van der Waals surface area (Å²) in [4.78, 5) is 4.55. The summed E-state index contributed by atoms with van der Waals surface area (Å²) in [5.74, 6) is 0. The SMILES string of the molecule is CN1CC(N)C(OCN2CCCCC(N)C2)C1. The molecule has 3 unspecified atom stereocenters. The van der Waals surface area contributed by atoms with Gasteiger partial charge in [-0.3, -0.25) is 4.90 Å². The lowest BCUT2D eigenvalue weighted by Crippen LogP contribution is -2.41. The Morgan fingerprint density at radius 3 is 2.71 bits per heavy atom. The first-order valence-electron chi connectivity index (χ1n) is 6.69. The maximum absolute atomic E-state index is 6.03. The van der Waals surface area contributed by atoms with E-state index in [0.717, 1.165) is 32.6 Å². The van der Waals surface area contributed by atoms with Crippen molar-refractivity contribution in [1.29, 1.82) is 0 Å². The molecule has 0 amide bonds. The van der Waals surface area contributed by atoms with E-state index in [2.05, 4.69) is 16.8 Å². The average Bonchev–Trinajstić information content (AvgIpc) is 2.48. The zero-order valence-electron chi connectivity index (χ0n) is 10.8. The summed E-state index contributed by atoms with van der Waals surface area (Å²) in [6.07, 6.45) is 3.79. The highest BCUT2D eigenvalue weighted by molar-refractivity contribution is 4.86. The van der Waals surface area contributed by atoms with Crippen LogP contribution in [-0.4, -0.2) is 67.9 Å². The zero-order valence-corrected chi connectivity index (χ0v) is 10.8. The molecule has 4 N–H and O–H groups in total. The molecule has 2 aliphatic heterocycles. The summed E-state index contributed by atoms with van der Waals surface area (Å²) < 4.78 is 5.93. The Bertz CT molecular complexity index is 239. The third-order valence-corrected chi connectivity index (χ3v) is 3.75. The molecule has 2 heterocycles. The maximum Gasteiger partial charge on any atom is 0.0996 e. The fraction of sp³-hybridized carbons (Fsp3) is 1.00. The number of nitrogens with zero attached hydrogens (tertiary/aromatic N) is 2. The highest BCUT2D eigenvalue weighted by Gasteiger charge is 2.29. The highest BCUT2D eigenvalue weighted by atomic mass is 16.5. The lowest BCUT2D eigenvalue weighted by Gasteiger charge is -2.25. The molecule has 0 aromatic carbocycles. The van der Waals surface area contributed by atoms with Crippen LogP contribution in [0.3, 0.4) is 0 Å². The van der Waals surface area contributed by atoms with Crippen molar-refractivity contribution in [2.75, 3.05) is 40.0 Å². The average molecular weight is 242 g/mol. The molecule has 0 spiro atoms. The van der Waals surface area contributed by atoms with Gasteiger partial charge in [0, 0.05) is 38.3 Å². The fourth-order valence-electron chi connectivity index (χ4n) is 2.75. The van der Waals surface area contributed by atoms with Crippen LogP contribution in [0, 0.1) is 0 Å². The van der Waals surface area contributed by atoms with Gasteiger partial charge in [0.2, 0.25) is 0 Å². The molecule has 3 atom stereocenters. The van der Waals surface area contributed by atoms with E-state index in [9.17, 15) is 0 Å². The molecular weight excluding hydrogens is 216 g/mol. The summed E-state index contributed by atoms with van der Waals surface area (Å²) in [5, 5.41) is 0. The second-order valence-electron chi connectivity index (χ2n) is 5.55. The zero-order chi connectivity index (χ0) is 12.3. The first kappa shape index (κ1) is 13.2. The van der Waals surface area contributed by atoms with Gasteiger partial charge in [-0.1, -0.05) is 6.42 Å². The van der Waals surface area contributed by atoms with Crippen molar-refractivity contribution in [1.82, 2.24) is 9.80 Å². The standard InChI is InChI=1S/C12H26N4O/c1-15-7-11(14)12(8-15)17-9-16-5-3-2-4-10(13)6-16/h10-12H,2-9,13-14H2,1H3. The Morgan fingerprint density at radius 1 is 1.18 bits per heavy atom. The van der Waals surface area contributed by atoms with E-state index in [1.54, 1.807) is 0 Å². The maximum atomic E-state index is 6.03. The molecule has 2 rings (SSSR count). The van der Waals surface area contributed by atoms with E-state index < -0.39 is 0 Å². The number of hydrogen-bond acceptors (Lipinski definition) is 5. The van der Waals surface area contributed by atoms with Gasteiger partial charge in [-0.25, -0.2) is 0 Å². The van der Waals surface area contributed by atoms with Crippen LogP contribution in [0.1, 0.15) is 19.3 Å². The largest absolute Gasteiger partial charge is 0.360 e. The normalized spacial score (nSPS) is 37.2. The van der Waals surface area contributed by atoms with Gasteiger partial charge in [0.05, 0.1) is 12.8 Å². The van der Waals surface area contributed by atoms with Crippen LogP contribution < -0.4 is 11.5 Å². The summed E-state index contributed by atoms with van der Waals surface area (Å²) >= 11 is 0. The van der Waals surface area contributed by atoms with Crippen molar-refractivity contribution < 1.29 is 4.74 Å². The third kappa shape index (κ3) is 3.89. The van der Waals surface area contributed by atoms with Crippen molar-refractivity contribution in [2.45, 2.75) is 37.5 Å². The van der Waals surface area contributed by atoms with Gasteiger partial charge in [-0.2, -0.15) is 0 Å². The van der Waals surface area contributed by atoms with Gasteiger partial charge in [0.15, 0.2) is 0 Å². The minimum Gasteiger partial charge on any atom is -0.360 e. The molecule has 2 fully saturated rings. The van der Waals surface area contributed by atoms with E-state index in [1.165, 1.54) is 12.8 Å². The smallest absolute Gasteiger partial charge is 0.0996 e. The Balaban J connectivity index is 1.73. The van der Waals surface area contributed by atoms with Crippen LogP contribution >= 0.6 is 0 Å². The lowest BCUT2D eigenvalue weighted by atomic mass is 10.2. The van der Waals surface area contributed by atoms with Gasteiger partial charge in [0.25, 0.3) is 0 Å². The Hall–Kier alpha value is -0.200. The third-order valence-electron chi connectivity index (χ3n) is 3.75. The van der Waals surface area contributed by atoms with Crippen LogP contribution in [0.5, 0.6) is 0 Å². The van der Waals surface area contributed by atoms with Gasteiger partial charge >= 0.3 is 0 Å². The van der Waals surface area contributed by atoms with E-state index in [4.69, 9.17) is 16.2 Å². The molecule has 17 heavy (non-hydrogen) atoms. The minimum absolute atomic E-state index is 0.153. The molecule has 0 aromatic heterocycles. The van der Waals surface area contributed by atoms with Crippen LogP contribution in [0.15, 0.2) is 0 Å². The van der Waals surface area contributed by atoms with Crippen LogP contribution in [0.2, 0.25) is 0 Å². The number of likely N-dealkylation sites (N-methyl/N-ethyl adjacent to an activating group) is 1. The molecule has 0 aromatic rings. The van der Waals surface area contributed by atoms with Gasteiger partial charge < -0.3 is 21.1 Å². The van der Waals surface area contributed by atoms with Crippen molar-refractivity contribution >= 4 is 0 Å². The van der Waals surface area contributed by atoms with Crippen molar-refractivity contribution in [3.05, 3.63) is 0 Å².